The molecular formula is C27H28ClN3O14. The average molecular weight is 654 g/mol. The molecule has 0 spiro atoms. The first-order valence-electron chi connectivity index (χ1n) is 13.8. The summed E-state index contributed by atoms with van der Waals surface area (Å²) in [5.41, 5.74) is 2.77. The molecule has 0 radical (unpaired) electrons. The summed E-state index contributed by atoms with van der Waals surface area (Å²) >= 11 is 6.01. The van der Waals surface area contributed by atoms with Gasteiger partial charge in [-0.05, 0) is 37.5 Å². The van der Waals surface area contributed by atoms with Crippen molar-refractivity contribution in [1.29, 1.82) is 0 Å². The number of rotatable bonds is 13. The fourth-order valence-corrected chi connectivity index (χ4v) is 5.45. The number of halogens is 1. The third-order valence-corrected chi connectivity index (χ3v) is 7.64. The van der Waals surface area contributed by atoms with Crippen molar-refractivity contribution < 1.29 is 57.9 Å². The van der Waals surface area contributed by atoms with Gasteiger partial charge in [-0.15, -0.1) is 20.2 Å². The molecule has 2 saturated heterocycles. The standard InChI is InChI=1S/C27H28ClN3O14/c1-14-23(19-11-38-24(18(19)9-29-14)15-5-7-16(28)8-6-15)44-27(33)43-21-13-40-25-20(12-39-26(21)25)42-22(32)4-2-3-17(45-31(36)37)10-41-30(34)35/h5-9,17,20-21,24-26H,2-4,10-13H2,1H3/t17-,20+,21+,24-,25+,26+/m0/s1. The van der Waals surface area contributed by atoms with Gasteiger partial charge < -0.3 is 38.1 Å². The number of esters is 1. The van der Waals surface area contributed by atoms with Crippen LogP contribution in [0.4, 0.5) is 4.79 Å². The summed E-state index contributed by atoms with van der Waals surface area (Å²) in [5, 5.41) is 19.3. The Morgan fingerprint density at radius 3 is 2.40 bits per heavy atom. The van der Waals surface area contributed by atoms with E-state index < -0.39 is 65.5 Å². The van der Waals surface area contributed by atoms with Gasteiger partial charge in [0, 0.05) is 28.8 Å². The summed E-state index contributed by atoms with van der Waals surface area (Å²) in [6, 6.07) is 7.21. The molecule has 1 aromatic carbocycles. The van der Waals surface area contributed by atoms with E-state index in [1.807, 2.05) is 12.1 Å². The van der Waals surface area contributed by atoms with Crippen molar-refractivity contribution in [3.8, 4) is 5.75 Å². The summed E-state index contributed by atoms with van der Waals surface area (Å²) in [5.74, 6) is -0.411. The Kier molecular flexibility index (Phi) is 10.1. The Labute approximate surface area is 259 Å². The van der Waals surface area contributed by atoms with Crippen LogP contribution in [0.1, 0.15) is 47.8 Å². The average Bonchev–Trinajstić information content (AvgIpc) is 3.70. The van der Waals surface area contributed by atoms with Gasteiger partial charge in [-0.2, -0.15) is 0 Å². The van der Waals surface area contributed by atoms with Crippen molar-refractivity contribution >= 4 is 23.7 Å². The van der Waals surface area contributed by atoms with E-state index in [4.69, 9.17) is 40.0 Å². The van der Waals surface area contributed by atoms with E-state index in [2.05, 4.69) is 14.7 Å². The molecule has 6 atom stereocenters. The summed E-state index contributed by atoms with van der Waals surface area (Å²) < 4.78 is 34.0. The number of carbonyl (C=O) groups excluding carboxylic acids is 2. The van der Waals surface area contributed by atoms with Crippen LogP contribution in [0.2, 0.25) is 5.02 Å². The Morgan fingerprint density at radius 2 is 1.73 bits per heavy atom. The predicted molar refractivity (Wildman–Crippen MR) is 146 cm³/mol. The second kappa shape index (κ2) is 14.2. The van der Waals surface area contributed by atoms with Gasteiger partial charge in [-0.1, -0.05) is 23.7 Å². The van der Waals surface area contributed by atoms with Crippen LogP contribution in [0.3, 0.4) is 0 Å². The molecule has 0 amide bonds. The highest BCUT2D eigenvalue weighted by Crippen LogP contribution is 2.41. The van der Waals surface area contributed by atoms with Crippen molar-refractivity contribution in [1.82, 2.24) is 4.98 Å². The topological polar surface area (TPSA) is 207 Å². The zero-order chi connectivity index (χ0) is 32.1. The molecule has 4 heterocycles. The first-order chi connectivity index (χ1) is 21.6. The summed E-state index contributed by atoms with van der Waals surface area (Å²) in [6.07, 6.45) is -4.16. The van der Waals surface area contributed by atoms with E-state index in [0.717, 1.165) is 11.1 Å². The second-order valence-corrected chi connectivity index (χ2v) is 10.8. The van der Waals surface area contributed by atoms with Gasteiger partial charge >= 0.3 is 12.1 Å². The number of nitrogens with zero attached hydrogens (tertiary/aromatic N) is 3. The van der Waals surface area contributed by atoms with E-state index in [0.29, 0.717) is 16.3 Å². The minimum absolute atomic E-state index is 0.0155. The molecule has 3 aliphatic rings. The fraction of sp³-hybridized carbons (Fsp3) is 0.519. The van der Waals surface area contributed by atoms with Gasteiger partial charge in [-0.3, -0.25) is 9.78 Å². The highest BCUT2D eigenvalue weighted by Gasteiger charge is 2.51. The molecule has 242 valence electrons. The van der Waals surface area contributed by atoms with Crippen LogP contribution in [0.5, 0.6) is 5.75 Å². The highest BCUT2D eigenvalue weighted by atomic mass is 35.5. The van der Waals surface area contributed by atoms with Crippen molar-refractivity contribution in [2.45, 2.75) is 69.4 Å². The molecule has 17 nitrogen and oxygen atoms in total. The van der Waals surface area contributed by atoms with E-state index in [1.165, 1.54) is 0 Å². The molecule has 0 aliphatic carbocycles. The van der Waals surface area contributed by atoms with E-state index >= 15 is 0 Å². The number of hydrogen-bond donors (Lipinski definition) is 0. The zero-order valence-electron chi connectivity index (χ0n) is 23.7. The first-order valence-corrected chi connectivity index (χ1v) is 14.2. The maximum atomic E-state index is 12.9. The number of ether oxygens (including phenoxy) is 6. The number of benzene rings is 1. The lowest BCUT2D eigenvalue weighted by Crippen LogP contribution is -2.36. The van der Waals surface area contributed by atoms with Crippen molar-refractivity contribution in [3.05, 3.63) is 78.1 Å². The number of hydrogen-bond acceptors (Lipinski definition) is 15. The minimum atomic E-state index is -1.23. The third kappa shape index (κ3) is 7.86. The highest BCUT2D eigenvalue weighted by molar-refractivity contribution is 6.30. The van der Waals surface area contributed by atoms with Crippen LogP contribution in [0.25, 0.3) is 0 Å². The third-order valence-electron chi connectivity index (χ3n) is 7.38. The lowest BCUT2D eigenvalue weighted by atomic mass is 10.0. The minimum Gasteiger partial charge on any atom is -0.457 e. The maximum Gasteiger partial charge on any atom is 0.514 e. The van der Waals surface area contributed by atoms with Gasteiger partial charge in [0.05, 0.1) is 25.5 Å². The second-order valence-electron chi connectivity index (χ2n) is 10.3. The van der Waals surface area contributed by atoms with Crippen molar-refractivity contribution in [2.24, 2.45) is 0 Å². The van der Waals surface area contributed by atoms with E-state index in [1.54, 1.807) is 25.3 Å². The molecule has 0 unspecified atom stereocenters. The largest absolute Gasteiger partial charge is 0.514 e. The molecule has 0 N–H and O–H groups in total. The van der Waals surface area contributed by atoms with Crippen LogP contribution in [0, 0.1) is 27.2 Å². The summed E-state index contributed by atoms with van der Waals surface area (Å²) in [6.45, 7) is 1.18. The number of pyridine rings is 1. The molecule has 0 saturated carbocycles. The SMILES string of the molecule is Cc1ncc2c(c1OC(=O)O[C@@H]1CO[C@H]3[C@@H]1OC[C@H]3OC(=O)CCC[C@@H](CO[N+](=O)[O-])O[N+](=O)[O-])CO[C@H]2c1ccc(Cl)cc1. The van der Waals surface area contributed by atoms with Crippen LogP contribution < -0.4 is 4.74 Å². The Balaban J connectivity index is 1.11. The molecule has 1 aromatic heterocycles. The fourth-order valence-electron chi connectivity index (χ4n) is 5.33. The quantitative estimate of drug-likeness (QED) is 0.173. The smallest absolute Gasteiger partial charge is 0.457 e. The van der Waals surface area contributed by atoms with Crippen molar-refractivity contribution in [2.75, 3.05) is 19.8 Å². The van der Waals surface area contributed by atoms with Crippen LogP contribution in [0.15, 0.2) is 30.5 Å². The van der Waals surface area contributed by atoms with Crippen molar-refractivity contribution in [3.63, 3.8) is 0 Å². The molecular weight excluding hydrogens is 626 g/mol. The van der Waals surface area contributed by atoms with E-state index in [-0.39, 0.29) is 44.8 Å². The monoisotopic (exact) mass is 653 g/mol. The van der Waals surface area contributed by atoms with Gasteiger partial charge in [0.2, 0.25) is 0 Å². The van der Waals surface area contributed by atoms with E-state index in [9.17, 15) is 29.8 Å². The van der Waals surface area contributed by atoms with Gasteiger partial charge in [0.25, 0.3) is 10.2 Å². The molecule has 18 heteroatoms. The van der Waals surface area contributed by atoms with Gasteiger partial charge in [0.1, 0.15) is 31.0 Å². The van der Waals surface area contributed by atoms with Crippen LogP contribution in [-0.2, 0) is 44.8 Å². The predicted octanol–water partition coefficient (Wildman–Crippen LogP) is 3.21. The number of aromatic nitrogens is 1. The first kappa shape index (κ1) is 32.1. The Morgan fingerprint density at radius 1 is 1.04 bits per heavy atom. The summed E-state index contributed by atoms with van der Waals surface area (Å²) in [4.78, 5) is 59.0. The molecule has 45 heavy (non-hydrogen) atoms. The Hall–Kier alpha value is -4.32. The summed E-state index contributed by atoms with van der Waals surface area (Å²) in [7, 11) is 0. The normalized spacial score (nSPS) is 23.8. The number of carbonyl (C=O) groups is 2. The van der Waals surface area contributed by atoms with Crippen LogP contribution >= 0.6 is 11.6 Å². The lowest BCUT2D eigenvalue weighted by Gasteiger charge is -2.18. The zero-order valence-corrected chi connectivity index (χ0v) is 24.5. The maximum absolute atomic E-state index is 12.9. The van der Waals surface area contributed by atoms with Crippen LogP contribution in [-0.4, -0.2) is 77.6 Å². The molecule has 5 rings (SSSR count). The molecule has 3 aliphatic heterocycles. The van der Waals surface area contributed by atoms with Gasteiger partial charge in [-0.25, -0.2) is 4.79 Å². The number of fused-ring (bicyclic) bond motifs is 2. The molecule has 0 bridgehead atoms. The lowest BCUT2D eigenvalue weighted by molar-refractivity contribution is -0.790. The Bertz CT molecular complexity index is 1430. The molecule has 2 fully saturated rings. The van der Waals surface area contributed by atoms with Gasteiger partial charge in [0.15, 0.2) is 18.0 Å². The molecule has 2 aromatic rings. The number of aryl methyl sites for hydroxylation is 1.